The van der Waals surface area contributed by atoms with E-state index in [9.17, 15) is 0 Å². The van der Waals surface area contributed by atoms with E-state index in [0.29, 0.717) is 12.6 Å². The summed E-state index contributed by atoms with van der Waals surface area (Å²) in [5, 5.41) is 0. The minimum Gasteiger partial charge on any atom is -0.464 e. The summed E-state index contributed by atoms with van der Waals surface area (Å²) in [5.74, 6) is 0.577. The largest absolute Gasteiger partial charge is 0.464 e. The Hall–Kier alpha value is -1.77. The van der Waals surface area contributed by atoms with Gasteiger partial charge in [-0.25, -0.2) is 4.99 Å². The Balaban J connectivity index is 2.10. The molecule has 0 bridgehead atoms. The van der Waals surface area contributed by atoms with Gasteiger partial charge < -0.3 is 9.47 Å². The van der Waals surface area contributed by atoms with Crippen LogP contribution in [0.25, 0.3) is 0 Å². The third-order valence-electron chi connectivity index (χ3n) is 3.81. The number of ether oxygens (including phenoxy) is 2. The van der Waals surface area contributed by atoms with Crippen molar-refractivity contribution in [2.75, 3.05) is 6.61 Å². The van der Waals surface area contributed by atoms with E-state index in [2.05, 4.69) is 31.2 Å². The number of hydrogen-bond acceptors (Lipinski definition) is 3. The lowest BCUT2D eigenvalue weighted by atomic mass is 9.79. The zero-order valence-electron chi connectivity index (χ0n) is 11.7. The predicted molar refractivity (Wildman–Crippen MR) is 75.1 cm³/mol. The number of aliphatic imine (C=N–C) groups is 1. The van der Waals surface area contributed by atoms with E-state index in [1.165, 1.54) is 11.1 Å². The van der Waals surface area contributed by atoms with E-state index in [4.69, 9.17) is 14.5 Å². The van der Waals surface area contributed by atoms with Crippen molar-refractivity contribution >= 4 is 5.71 Å². The van der Waals surface area contributed by atoms with E-state index in [1.807, 2.05) is 13.8 Å². The molecule has 1 atom stereocenters. The highest BCUT2D eigenvalue weighted by Crippen LogP contribution is 2.37. The lowest BCUT2D eigenvalue weighted by Gasteiger charge is -2.39. The molecule has 1 aromatic rings. The van der Waals surface area contributed by atoms with Crippen LogP contribution in [0.2, 0.25) is 0 Å². The third-order valence-corrected chi connectivity index (χ3v) is 3.81. The van der Waals surface area contributed by atoms with Crippen LogP contribution in [0.15, 0.2) is 40.9 Å². The summed E-state index contributed by atoms with van der Waals surface area (Å²) >= 11 is 0. The Kier molecular flexibility index (Phi) is 2.85. The maximum atomic E-state index is 6.11. The molecule has 0 saturated carbocycles. The van der Waals surface area contributed by atoms with Crippen LogP contribution >= 0.6 is 0 Å². The van der Waals surface area contributed by atoms with Crippen molar-refractivity contribution in [3.8, 4) is 0 Å². The average molecular weight is 257 g/mol. The van der Waals surface area contributed by atoms with E-state index in [1.54, 1.807) is 0 Å². The monoisotopic (exact) mass is 257 g/mol. The van der Waals surface area contributed by atoms with Crippen LogP contribution in [0, 0.1) is 0 Å². The standard InChI is InChI=1S/C16H19NO2/c1-4-18-15-11(2)17-14-13-8-6-5-7-12(13)9-10-16(14,3)19-15/h5-8H,4,9-10H2,1-3H3. The van der Waals surface area contributed by atoms with Crippen LogP contribution in [0.5, 0.6) is 0 Å². The Morgan fingerprint density at radius 3 is 2.95 bits per heavy atom. The molecule has 0 N–H and O–H groups in total. The average Bonchev–Trinajstić information content (AvgIpc) is 2.41. The van der Waals surface area contributed by atoms with Crippen molar-refractivity contribution in [2.45, 2.75) is 39.2 Å². The number of rotatable bonds is 2. The normalized spacial score (nSPS) is 25.1. The smallest absolute Gasteiger partial charge is 0.302 e. The summed E-state index contributed by atoms with van der Waals surface area (Å²) < 4.78 is 11.7. The van der Waals surface area contributed by atoms with Gasteiger partial charge in [0, 0.05) is 5.56 Å². The number of hydrogen-bond donors (Lipinski definition) is 0. The minimum atomic E-state index is -0.363. The zero-order valence-corrected chi connectivity index (χ0v) is 11.7. The molecule has 0 fully saturated rings. The lowest BCUT2D eigenvalue weighted by molar-refractivity contribution is -0.0368. The summed E-state index contributed by atoms with van der Waals surface area (Å²) in [6, 6.07) is 8.45. The van der Waals surface area contributed by atoms with Gasteiger partial charge in [0.25, 0.3) is 0 Å². The van der Waals surface area contributed by atoms with Crippen molar-refractivity contribution in [1.29, 1.82) is 0 Å². The quantitative estimate of drug-likeness (QED) is 0.812. The van der Waals surface area contributed by atoms with Gasteiger partial charge in [-0.15, -0.1) is 0 Å². The Bertz CT molecular complexity index is 574. The van der Waals surface area contributed by atoms with E-state index >= 15 is 0 Å². The molecule has 1 aromatic carbocycles. The van der Waals surface area contributed by atoms with Crippen LogP contribution in [0.4, 0.5) is 0 Å². The molecule has 3 rings (SSSR count). The first kappa shape index (κ1) is 12.3. The SMILES string of the molecule is CCOC1=C(C)N=C2c3ccccc3CCC2(C)O1. The number of benzene rings is 1. The molecule has 0 spiro atoms. The molecule has 1 aliphatic carbocycles. The van der Waals surface area contributed by atoms with Crippen LogP contribution < -0.4 is 0 Å². The van der Waals surface area contributed by atoms with Crippen LogP contribution in [-0.4, -0.2) is 17.9 Å². The number of fused-ring (bicyclic) bond motifs is 3. The fourth-order valence-electron chi connectivity index (χ4n) is 2.78. The second-order valence-electron chi connectivity index (χ2n) is 5.26. The molecule has 19 heavy (non-hydrogen) atoms. The van der Waals surface area contributed by atoms with Gasteiger partial charge in [-0.2, -0.15) is 0 Å². The molecular formula is C16H19NO2. The topological polar surface area (TPSA) is 30.8 Å². The van der Waals surface area contributed by atoms with Crippen LogP contribution in [0.3, 0.4) is 0 Å². The minimum absolute atomic E-state index is 0.363. The van der Waals surface area contributed by atoms with E-state index in [-0.39, 0.29) is 5.60 Å². The summed E-state index contributed by atoms with van der Waals surface area (Å²) in [5.41, 5.74) is 4.07. The molecule has 0 saturated heterocycles. The van der Waals surface area contributed by atoms with Gasteiger partial charge in [-0.05, 0) is 39.2 Å². The first-order valence-electron chi connectivity index (χ1n) is 6.84. The van der Waals surface area contributed by atoms with E-state index in [0.717, 1.165) is 24.3 Å². The molecule has 0 radical (unpaired) electrons. The number of allylic oxidation sites excluding steroid dienone is 1. The molecule has 1 aliphatic heterocycles. The van der Waals surface area contributed by atoms with Gasteiger partial charge >= 0.3 is 5.95 Å². The number of nitrogens with zero attached hydrogens (tertiary/aromatic N) is 1. The highest BCUT2D eigenvalue weighted by atomic mass is 16.7. The highest BCUT2D eigenvalue weighted by Gasteiger charge is 2.42. The van der Waals surface area contributed by atoms with Crippen molar-refractivity contribution in [3.05, 3.63) is 47.0 Å². The number of aryl methyl sites for hydroxylation is 1. The first-order valence-corrected chi connectivity index (χ1v) is 6.84. The summed E-state index contributed by atoms with van der Waals surface area (Å²) in [6.07, 6.45) is 1.96. The Labute approximate surface area is 114 Å². The Morgan fingerprint density at radius 1 is 1.37 bits per heavy atom. The van der Waals surface area contributed by atoms with Gasteiger partial charge in [0.1, 0.15) is 5.70 Å². The molecule has 3 heteroatoms. The summed E-state index contributed by atoms with van der Waals surface area (Å²) in [4.78, 5) is 4.76. The highest BCUT2D eigenvalue weighted by molar-refractivity contribution is 6.09. The molecule has 0 amide bonds. The van der Waals surface area contributed by atoms with Crippen LogP contribution in [0.1, 0.15) is 38.3 Å². The third kappa shape index (κ3) is 1.93. The van der Waals surface area contributed by atoms with Gasteiger partial charge in [-0.1, -0.05) is 24.3 Å². The molecule has 1 heterocycles. The van der Waals surface area contributed by atoms with Gasteiger partial charge in [0.05, 0.1) is 12.3 Å². The van der Waals surface area contributed by atoms with E-state index < -0.39 is 0 Å². The summed E-state index contributed by atoms with van der Waals surface area (Å²) in [6.45, 7) is 6.60. The fourth-order valence-corrected chi connectivity index (χ4v) is 2.78. The van der Waals surface area contributed by atoms with Crippen molar-refractivity contribution < 1.29 is 9.47 Å². The van der Waals surface area contributed by atoms with Gasteiger partial charge in [0.15, 0.2) is 5.60 Å². The van der Waals surface area contributed by atoms with Crippen molar-refractivity contribution in [1.82, 2.24) is 0 Å². The molecule has 100 valence electrons. The second kappa shape index (κ2) is 4.41. The van der Waals surface area contributed by atoms with Crippen molar-refractivity contribution in [2.24, 2.45) is 4.99 Å². The summed E-state index contributed by atoms with van der Waals surface area (Å²) in [7, 11) is 0. The zero-order chi connectivity index (χ0) is 13.5. The maximum Gasteiger partial charge on any atom is 0.302 e. The first-order chi connectivity index (χ1) is 9.14. The van der Waals surface area contributed by atoms with Crippen molar-refractivity contribution in [3.63, 3.8) is 0 Å². The van der Waals surface area contributed by atoms with Crippen LogP contribution in [-0.2, 0) is 15.9 Å². The lowest BCUT2D eigenvalue weighted by Crippen LogP contribution is -2.45. The predicted octanol–water partition coefficient (Wildman–Crippen LogP) is 3.44. The maximum absolute atomic E-state index is 6.11. The Morgan fingerprint density at radius 2 is 2.16 bits per heavy atom. The second-order valence-corrected chi connectivity index (χ2v) is 5.26. The van der Waals surface area contributed by atoms with Gasteiger partial charge in [-0.3, -0.25) is 0 Å². The molecule has 2 aliphatic rings. The van der Waals surface area contributed by atoms with Gasteiger partial charge in [0.2, 0.25) is 0 Å². The molecule has 1 unspecified atom stereocenters. The fraction of sp³-hybridized carbons (Fsp3) is 0.438. The molecule has 0 aromatic heterocycles. The molecule has 3 nitrogen and oxygen atoms in total. The molecular weight excluding hydrogens is 238 g/mol.